The lowest BCUT2D eigenvalue weighted by molar-refractivity contribution is -0.0320. The zero-order chi connectivity index (χ0) is 17.9. The van der Waals surface area contributed by atoms with Crippen LogP contribution in [0.25, 0.3) is 0 Å². The van der Waals surface area contributed by atoms with E-state index in [9.17, 15) is 0 Å². The first-order chi connectivity index (χ1) is 12.2. The third kappa shape index (κ3) is 7.96. The molecule has 1 fully saturated rings. The predicted octanol–water partition coefficient (Wildman–Crippen LogP) is 2.31. The quantitative estimate of drug-likeness (QED) is 0.245. The zero-order valence-electron chi connectivity index (χ0n) is 15.5. The van der Waals surface area contributed by atoms with Crippen molar-refractivity contribution in [3.8, 4) is 11.5 Å². The van der Waals surface area contributed by atoms with E-state index in [1.54, 1.807) is 14.2 Å². The lowest BCUT2D eigenvalue weighted by Gasteiger charge is -2.22. The van der Waals surface area contributed by atoms with Crippen molar-refractivity contribution in [1.29, 1.82) is 0 Å². The van der Waals surface area contributed by atoms with E-state index >= 15 is 0 Å². The average Bonchev–Trinajstić information content (AvgIpc) is 2.66. The van der Waals surface area contributed by atoms with Crippen molar-refractivity contribution >= 4 is 29.9 Å². The van der Waals surface area contributed by atoms with Crippen molar-refractivity contribution < 1.29 is 18.9 Å². The number of nitrogens with two attached hydrogens (primary N) is 1. The summed E-state index contributed by atoms with van der Waals surface area (Å²) in [5.74, 6) is 1.82. The van der Waals surface area contributed by atoms with Gasteiger partial charge in [0.2, 0.25) is 0 Å². The van der Waals surface area contributed by atoms with Gasteiger partial charge in [0, 0.05) is 26.4 Å². The number of methoxy groups -OCH3 is 2. The largest absolute Gasteiger partial charge is 0.493 e. The highest BCUT2D eigenvalue weighted by Crippen LogP contribution is 2.27. The standard InChI is InChI=1S/C18H29N3O4.HI/c1-22-16-5-4-14(12-17(16)23-2)13-21-18(19)20-8-3-9-25-15-6-10-24-11-7-15;/h4-5,12,15H,3,6-11,13H2,1-2H3,(H3,19,20,21);1H. The van der Waals surface area contributed by atoms with Gasteiger partial charge in [-0.3, -0.25) is 0 Å². The number of ether oxygens (including phenoxy) is 4. The Morgan fingerprint density at radius 3 is 2.65 bits per heavy atom. The molecule has 0 saturated carbocycles. The Balaban J connectivity index is 0.00000338. The third-order valence-electron chi connectivity index (χ3n) is 4.03. The SMILES string of the molecule is COc1ccc(CN=C(N)NCCCOC2CCOCC2)cc1OC.I. The molecule has 0 atom stereocenters. The first-order valence-corrected chi connectivity index (χ1v) is 8.67. The monoisotopic (exact) mass is 479 g/mol. The van der Waals surface area contributed by atoms with E-state index in [1.165, 1.54) is 0 Å². The third-order valence-corrected chi connectivity index (χ3v) is 4.03. The molecule has 1 aromatic rings. The molecule has 7 nitrogen and oxygen atoms in total. The maximum atomic E-state index is 5.90. The lowest BCUT2D eigenvalue weighted by atomic mass is 10.1. The van der Waals surface area contributed by atoms with Crippen molar-refractivity contribution in [2.24, 2.45) is 10.7 Å². The maximum Gasteiger partial charge on any atom is 0.188 e. The van der Waals surface area contributed by atoms with Crippen LogP contribution in [0.5, 0.6) is 11.5 Å². The lowest BCUT2D eigenvalue weighted by Crippen LogP contribution is -2.33. The minimum atomic E-state index is 0. The molecule has 2 rings (SSSR count). The summed E-state index contributed by atoms with van der Waals surface area (Å²) in [6.45, 7) is 3.56. The van der Waals surface area contributed by atoms with Crippen LogP contribution in [0.1, 0.15) is 24.8 Å². The van der Waals surface area contributed by atoms with Gasteiger partial charge in [-0.1, -0.05) is 6.07 Å². The minimum absolute atomic E-state index is 0. The predicted molar refractivity (Wildman–Crippen MR) is 113 cm³/mol. The number of hydrogen-bond acceptors (Lipinski definition) is 5. The molecule has 1 aromatic carbocycles. The normalized spacial score (nSPS) is 15.2. The van der Waals surface area contributed by atoms with Crippen molar-refractivity contribution in [3.63, 3.8) is 0 Å². The topological polar surface area (TPSA) is 87.3 Å². The number of benzene rings is 1. The smallest absolute Gasteiger partial charge is 0.188 e. The molecule has 1 saturated heterocycles. The molecule has 0 spiro atoms. The molecular weight excluding hydrogens is 449 g/mol. The van der Waals surface area contributed by atoms with Crippen molar-refractivity contribution in [2.75, 3.05) is 40.6 Å². The molecule has 1 aliphatic rings. The molecule has 26 heavy (non-hydrogen) atoms. The summed E-state index contributed by atoms with van der Waals surface area (Å²) in [6.07, 6.45) is 3.21. The van der Waals surface area contributed by atoms with E-state index in [0.29, 0.717) is 30.1 Å². The maximum absolute atomic E-state index is 5.90. The van der Waals surface area contributed by atoms with Gasteiger partial charge in [-0.2, -0.15) is 0 Å². The summed E-state index contributed by atoms with van der Waals surface area (Å²) in [5, 5.41) is 3.11. The van der Waals surface area contributed by atoms with Crippen LogP contribution in [0.15, 0.2) is 23.2 Å². The number of nitrogens with one attached hydrogen (secondary N) is 1. The number of hydrogen-bond donors (Lipinski definition) is 2. The van der Waals surface area contributed by atoms with Crippen LogP contribution >= 0.6 is 24.0 Å². The molecule has 1 aliphatic heterocycles. The van der Waals surface area contributed by atoms with Crippen LogP contribution in [-0.4, -0.2) is 52.6 Å². The van der Waals surface area contributed by atoms with Gasteiger partial charge in [-0.15, -0.1) is 24.0 Å². The van der Waals surface area contributed by atoms with Gasteiger partial charge in [0.05, 0.1) is 26.9 Å². The van der Waals surface area contributed by atoms with Crippen LogP contribution in [0.3, 0.4) is 0 Å². The van der Waals surface area contributed by atoms with E-state index in [0.717, 1.165) is 51.2 Å². The fourth-order valence-corrected chi connectivity index (χ4v) is 2.59. The Bertz CT molecular complexity index is 551. The van der Waals surface area contributed by atoms with E-state index < -0.39 is 0 Å². The van der Waals surface area contributed by atoms with Crippen LogP contribution in [0.2, 0.25) is 0 Å². The Morgan fingerprint density at radius 2 is 1.96 bits per heavy atom. The Morgan fingerprint density at radius 1 is 1.23 bits per heavy atom. The first kappa shape index (κ1) is 22.8. The fourth-order valence-electron chi connectivity index (χ4n) is 2.59. The second-order valence-electron chi connectivity index (χ2n) is 5.85. The van der Waals surface area contributed by atoms with E-state index in [-0.39, 0.29) is 24.0 Å². The van der Waals surface area contributed by atoms with Gasteiger partial charge < -0.3 is 30.0 Å². The molecular formula is C18H30IN3O4. The Labute approximate surface area is 172 Å². The van der Waals surface area contributed by atoms with Crippen LogP contribution in [-0.2, 0) is 16.0 Å². The van der Waals surface area contributed by atoms with Gasteiger partial charge >= 0.3 is 0 Å². The number of halogens is 1. The second-order valence-corrected chi connectivity index (χ2v) is 5.85. The van der Waals surface area contributed by atoms with Crippen molar-refractivity contribution in [3.05, 3.63) is 23.8 Å². The summed E-state index contributed by atoms with van der Waals surface area (Å²) < 4.78 is 21.6. The highest BCUT2D eigenvalue weighted by molar-refractivity contribution is 14.0. The highest BCUT2D eigenvalue weighted by Gasteiger charge is 2.13. The zero-order valence-corrected chi connectivity index (χ0v) is 17.9. The minimum Gasteiger partial charge on any atom is -0.493 e. The summed E-state index contributed by atoms with van der Waals surface area (Å²) in [6, 6.07) is 5.71. The molecule has 8 heteroatoms. The average molecular weight is 479 g/mol. The molecule has 3 N–H and O–H groups in total. The Hall–Kier alpha value is -1.26. The molecule has 0 aromatic heterocycles. The van der Waals surface area contributed by atoms with Crippen LogP contribution < -0.4 is 20.5 Å². The molecule has 148 valence electrons. The van der Waals surface area contributed by atoms with Gasteiger partial charge in [0.25, 0.3) is 0 Å². The Kier molecular flexibility index (Phi) is 11.4. The van der Waals surface area contributed by atoms with E-state index in [2.05, 4.69) is 10.3 Å². The van der Waals surface area contributed by atoms with Crippen molar-refractivity contribution in [1.82, 2.24) is 5.32 Å². The van der Waals surface area contributed by atoms with Crippen molar-refractivity contribution in [2.45, 2.75) is 31.9 Å². The number of aliphatic imine (C=N–C) groups is 1. The van der Waals surface area contributed by atoms with E-state index in [1.807, 2.05) is 18.2 Å². The van der Waals surface area contributed by atoms with Crippen LogP contribution in [0.4, 0.5) is 0 Å². The molecule has 0 bridgehead atoms. The van der Waals surface area contributed by atoms with Crippen LogP contribution in [0, 0.1) is 0 Å². The van der Waals surface area contributed by atoms with Gasteiger partial charge in [0.1, 0.15) is 0 Å². The molecule has 0 unspecified atom stereocenters. The van der Waals surface area contributed by atoms with Gasteiger partial charge in [0.15, 0.2) is 17.5 Å². The van der Waals surface area contributed by atoms with Gasteiger partial charge in [-0.25, -0.2) is 4.99 Å². The second kappa shape index (κ2) is 13.0. The summed E-state index contributed by atoms with van der Waals surface area (Å²) >= 11 is 0. The molecule has 0 aliphatic carbocycles. The first-order valence-electron chi connectivity index (χ1n) is 8.67. The number of rotatable bonds is 9. The summed E-state index contributed by atoms with van der Waals surface area (Å²) in [5.41, 5.74) is 6.90. The fraction of sp³-hybridized carbons (Fsp3) is 0.611. The molecule has 0 radical (unpaired) electrons. The number of nitrogens with zero attached hydrogens (tertiary/aromatic N) is 1. The summed E-state index contributed by atoms with van der Waals surface area (Å²) in [7, 11) is 3.23. The molecule has 0 amide bonds. The number of guanidine groups is 1. The van der Waals surface area contributed by atoms with E-state index in [4.69, 9.17) is 24.7 Å². The van der Waals surface area contributed by atoms with Gasteiger partial charge in [-0.05, 0) is 37.0 Å². The highest BCUT2D eigenvalue weighted by atomic mass is 127. The summed E-state index contributed by atoms with van der Waals surface area (Å²) in [4.78, 5) is 4.34. The molecule has 1 heterocycles.